The minimum absolute atomic E-state index is 0.136. The molecule has 0 saturated heterocycles. The van der Waals surface area contributed by atoms with E-state index in [0.29, 0.717) is 17.1 Å². The number of rotatable bonds is 5. The number of fused-ring (bicyclic) bond motifs is 2. The molecule has 0 radical (unpaired) electrons. The molecular weight excluding hydrogens is 360 g/mol. The third-order valence-electron chi connectivity index (χ3n) is 4.37. The van der Waals surface area contributed by atoms with Crippen molar-refractivity contribution in [2.24, 2.45) is 5.10 Å². The number of hydrazone groups is 1. The van der Waals surface area contributed by atoms with Gasteiger partial charge in [0, 0.05) is 27.7 Å². The van der Waals surface area contributed by atoms with Gasteiger partial charge in [-0.15, -0.1) is 0 Å². The molecule has 8 heteroatoms. The van der Waals surface area contributed by atoms with Gasteiger partial charge in [-0.05, 0) is 31.2 Å². The Morgan fingerprint density at radius 2 is 2.00 bits per heavy atom. The molecule has 2 aromatic carbocycles. The van der Waals surface area contributed by atoms with Crippen molar-refractivity contribution < 1.29 is 19.1 Å². The largest absolute Gasteiger partial charge is 0.454 e. The Kier molecular flexibility index (Phi) is 4.67. The van der Waals surface area contributed by atoms with Crippen LogP contribution >= 0.6 is 0 Å². The van der Waals surface area contributed by atoms with Gasteiger partial charge in [0.2, 0.25) is 6.79 Å². The lowest BCUT2D eigenvalue weighted by Crippen LogP contribution is -2.34. The Morgan fingerprint density at radius 3 is 2.89 bits per heavy atom. The van der Waals surface area contributed by atoms with Crippen LogP contribution in [0.5, 0.6) is 11.5 Å². The molecule has 0 unspecified atom stereocenters. The van der Waals surface area contributed by atoms with Gasteiger partial charge in [-0.1, -0.05) is 18.2 Å². The van der Waals surface area contributed by atoms with E-state index >= 15 is 0 Å². The zero-order valence-electron chi connectivity index (χ0n) is 15.1. The number of para-hydroxylation sites is 1. The average Bonchev–Trinajstić information content (AvgIpc) is 3.29. The number of aromatic amines is 1. The summed E-state index contributed by atoms with van der Waals surface area (Å²) in [7, 11) is 0. The summed E-state index contributed by atoms with van der Waals surface area (Å²) < 4.78 is 10.4. The molecule has 2 amide bonds. The van der Waals surface area contributed by atoms with E-state index in [4.69, 9.17) is 9.47 Å². The highest BCUT2D eigenvalue weighted by molar-refractivity contribution is 6.01. The number of carbonyl (C=O) groups excluding carboxylic acids is 2. The smallest absolute Gasteiger partial charge is 0.259 e. The lowest BCUT2D eigenvalue weighted by atomic mass is 10.1. The maximum absolute atomic E-state index is 12.2. The van der Waals surface area contributed by atoms with E-state index in [1.54, 1.807) is 24.4 Å². The highest BCUT2D eigenvalue weighted by atomic mass is 16.7. The highest BCUT2D eigenvalue weighted by Crippen LogP contribution is 2.32. The molecule has 0 spiro atoms. The number of ether oxygens (including phenoxy) is 2. The number of benzene rings is 2. The zero-order valence-corrected chi connectivity index (χ0v) is 15.1. The average molecular weight is 378 g/mol. The van der Waals surface area contributed by atoms with Crippen LogP contribution in [0.25, 0.3) is 10.9 Å². The highest BCUT2D eigenvalue weighted by Gasteiger charge is 2.16. The summed E-state index contributed by atoms with van der Waals surface area (Å²) in [5, 5.41) is 7.56. The zero-order chi connectivity index (χ0) is 19.5. The molecular formula is C20H18N4O4. The van der Waals surface area contributed by atoms with Crippen molar-refractivity contribution in [3.05, 3.63) is 59.3 Å². The Balaban J connectivity index is 1.32. The number of H-pyrrole nitrogens is 1. The van der Waals surface area contributed by atoms with Gasteiger partial charge in [0.05, 0.1) is 12.8 Å². The number of amides is 2. The summed E-state index contributed by atoms with van der Waals surface area (Å²) in [5.74, 6) is 0.291. The third kappa shape index (κ3) is 3.52. The number of hydrogen-bond donors (Lipinski definition) is 3. The Labute approximate surface area is 160 Å². The van der Waals surface area contributed by atoms with E-state index in [-0.39, 0.29) is 19.2 Å². The molecule has 4 rings (SSSR count). The second kappa shape index (κ2) is 7.43. The summed E-state index contributed by atoms with van der Waals surface area (Å²) >= 11 is 0. The van der Waals surface area contributed by atoms with Crippen molar-refractivity contribution in [2.45, 2.75) is 6.92 Å². The Morgan fingerprint density at radius 1 is 1.18 bits per heavy atom. The van der Waals surface area contributed by atoms with Gasteiger partial charge in [-0.3, -0.25) is 9.59 Å². The van der Waals surface area contributed by atoms with Crippen LogP contribution in [0.1, 0.15) is 21.6 Å². The first-order valence-electron chi connectivity index (χ1n) is 8.69. The van der Waals surface area contributed by atoms with Crippen LogP contribution in [0.4, 0.5) is 0 Å². The van der Waals surface area contributed by atoms with E-state index in [1.165, 1.54) is 0 Å². The summed E-state index contributed by atoms with van der Waals surface area (Å²) in [6.45, 7) is 1.88. The second-order valence-electron chi connectivity index (χ2n) is 6.25. The maximum atomic E-state index is 12.2. The molecule has 28 heavy (non-hydrogen) atoms. The molecule has 1 aliphatic heterocycles. The van der Waals surface area contributed by atoms with Crippen LogP contribution in [0.2, 0.25) is 0 Å². The fourth-order valence-corrected chi connectivity index (χ4v) is 2.97. The second-order valence-corrected chi connectivity index (χ2v) is 6.25. The number of aromatic nitrogens is 1. The number of nitrogens with zero attached hydrogens (tertiary/aromatic N) is 1. The van der Waals surface area contributed by atoms with Crippen molar-refractivity contribution in [3.8, 4) is 11.5 Å². The molecule has 1 aliphatic rings. The first-order chi connectivity index (χ1) is 13.6. The number of aryl methyl sites for hydroxylation is 1. The first-order valence-corrected chi connectivity index (χ1v) is 8.69. The Bertz CT molecular complexity index is 1090. The van der Waals surface area contributed by atoms with Gasteiger partial charge in [-0.2, -0.15) is 5.10 Å². The normalized spacial score (nSPS) is 12.5. The SMILES string of the molecule is Cc1[nH]c2ccccc2c1/C=N\NC(=O)CNC(=O)c1ccc2c(c1)OCO2. The molecule has 0 saturated carbocycles. The number of hydrogen-bond acceptors (Lipinski definition) is 5. The van der Waals surface area contributed by atoms with Crippen LogP contribution in [0.15, 0.2) is 47.6 Å². The molecule has 0 fully saturated rings. The fraction of sp³-hybridized carbons (Fsp3) is 0.150. The maximum Gasteiger partial charge on any atom is 0.259 e. The Hall–Kier alpha value is -3.81. The quantitative estimate of drug-likeness (QED) is 0.467. The standard InChI is InChI=1S/C20H18N4O4/c1-12-15(14-4-2-3-5-16(14)23-12)9-22-24-19(25)10-21-20(26)13-6-7-17-18(8-13)28-11-27-17/h2-9,23H,10-11H2,1H3,(H,21,26)(H,24,25)/b22-9-. The van der Waals surface area contributed by atoms with Crippen LogP contribution in [-0.4, -0.2) is 36.4 Å². The molecule has 3 aromatic rings. The minimum Gasteiger partial charge on any atom is -0.454 e. The van der Waals surface area contributed by atoms with Crippen LogP contribution in [-0.2, 0) is 4.79 Å². The van der Waals surface area contributed by atoms with Crippen molar-refractivity contribution in [1.82, 2.24) is 15.7 Å². The molecule has 0 atom stereocenters. The van der Waals surface area contributed by atoms with Gasteiger partial charge in [0.15, 0.2) is 11.5 Å². The molecule has 1 aromatic heterocycles. The summed E-state index contributed by atoms with van der Waals surface area (Å²) in [6.07, 6.45) is 1.59. The fourth-order valence-electron chi connectivity index (χ4n) is 2.97. The molecule has 2 heterocycles. The van der Waals surface area contributed by atoms with Crippen LogP contribution in [0, 0.1) is 6.92 Å². The van der Waals surface area contributed by atoms with Gasteiger partial charge < -0.3 is 19.8 Å². The van der Waals surface area contributed by atoms with Gasteiger partial charge >= 0.3 is 0 Å². The van der Waals surface area contributed by atoms with Crippen LogP contribution < -0.4 is 20.2 Å². The topological polar surface area (TPSA) is 105 Å². The predicted molar refractivity (Wildman–Crippen MR) is 104 cm³/mol. The van der Waals surface area contributed by atoms with Crippen molar-refractivity contribution in [1.29, 1.82) is 0 Å². The molecule has 0 bridgehead atoms. The van der Waals surface area contributed by atoms with Crippen molar-refractivity contribution >= 4 is 28.9 Å². The minimum atomic E-state index is -0.428. The predicted octanol–water partition coefficient (Wildman–Crippen LogP) is 2.09. The monoisotopic (exact) mass is 378 g/mol. The summed E-state index contributed by atoms with van der Waals surface area (Å²) in [5.41, 5.74) is 5.66. The first kappa shape index (κ1) is 17.6. The third-order valence-corrected chi connectivity index (χ3v) is 4.37. The van der Waals surface area contributed by atoms with E-state index in [1.807, 2.05) is 31.2 Å². The molecule has 8 nitrogen and oxygen atoms in total. The number of carbonyl (C=O) groups is 2. The summed E-state index contributed by atoms with van der Waals surface area (Å²) in [6, 6.07) is 12.7. The molecule has 3 N–H and O–H groups in total. The lowest BCUT2D eigenvalue weighted by Gasteiger charge is -2.05. The van der Waals surface area contributed by atoms with E-state index in [9.17, 15) is 9.59 Å². The van der Waals surface area contributed by atoms with Gasteiger partial charge in [0.25, 0.3) is 11.8 Å². The molecule has 142 valence electrons. The number of nitrogens with one attached hydrogen (secondary N) is 3. The van der Waals surface area contributed by atoms with Gasteiger partial charge in [-0.25, -0.2) is 5.43 Å². The van der Waals surface area contributed by atoms with E-state index in [2.05, 4.69) is 20.8 Å². The summed E-state index contributed by atoms with van der Waals surface area (Å²) in [4.78, 5) is 27.4. The van der Waals surface area contributed by atoms with Crippen molar-refractivity contribution in [3.63, 3.8) is 0 Å². The van der Waals surface area contributed by atoms with Gasteiger partial charge in [0.1, 0.15) is 0 Å². The van der Waals surface area contributed by atoms with E-state index in [0.717, 1.165) is 22.2 Å². The van der Waals surface area contributed by atoms with Crippen molar-refractivity contribution in [2.75, 3.05) is 13.3 Å². The van der Waals surface area contributed by atoms with E-state index < -0.39 is 5.91 Å². The molecule has 0 aliphatic carbocycles. The lowest BCUT2D eigenvalue weighted by molar-refractivity contribution is -0.120. The van der Waals surface area contributed by atoms with Crippen LogP contribution in [0.3, 0.4) is 0 Å².